The van der Waals surface area contributed by atoms with Crippen molar-refractivity contribution in [2.45, 2.75) is 18.9 Å². The van der Waals surface area contributed by atoms with Crippen LogP contribution in [0.4, 0.5) is 28.8 Å². The topological polar surface area (TPSA) is 145 Å². The number of halogens is 3. The largest absolute Gasteiger partial charge is 0.573 e. The Morgan fingerprint density at radius 3 is 2.55 bits per heavy atom. The Morgan fingerprint density at radius 1 is 1.15 bits per heavy atom. The molecule has 0 atom stereocenters. The number of fused-ring (bicyclic) bond motifs is 1. The van der Waals surface area contributed by atoms with Crippen LogP contribution in [0.3, 0.4) is 0 Å². The number of benzene rings is 1. The van der Waals surface area contributed by atoms with E-state index in [9.17, 15) is 27.6 Å². The van der Waals surface area contributed by atoms with Gasteiger partial charge in [0, 0.05) is 62.3 Å². The lowest BCUT2D eigenvalue weighted by atomic mass is 10.1. The number of amides is 3. The molecule has 4 heterocycles. The highest BCUT2D eigenvalue weighted by atomic mass is 32.1. The number of hydrogen-bond acceptors (Lipinski definition) is 9. The molecule has 13 nitrogen and oxygen atoms in total. The molecule has 1 aromatic carbocycles. The molecule has 3 N–H and O–H groups in total. The fraction of sp³-hybridized carbons (Fsp3) is 0.435. The van der Waals surface area contributed by atoms with E-state index in [2.05, 4.69) is 30.4 Å². The van der Waals surface area contributed by atoms with Gasteiger partial charge in [-0.1, -0.05) is 0 Å². The average Bonchev–Trinajstić information content (AvgIpc) is 3.47. The van der Waals surface area contributed by atoms with Crippen LogP contribution in [0.25, 0.3) is 10.9 Å². The molecule has 2 aliphatic heterocycles. The van der Waals surface area contributed by atoms with E-state index in [1.165, 1.54) is 27.2 Å². The number of carbonyl (C=O) groups is 3. The standard InChI is InChI=1S/C23H25F3N8O5S/c1-31-2-4-32(5-3-31)19(35)11-34-8-13-6-16(18(7-15(13)30-34)39-23(24,25)26)28-20(36)17-12-40-21(29-17)27-14-9-33(10-14)22(37)38/h6-8,12,14H,2-5,9-11H2,1H3,(H,27,29)(H,28,36)(H,37,38). The molecular formula is C23H25F3N8O5S. The summed E-state index contributed by atoms with van der Waals surface area (Å²) in [6.07, 6.45) is -4.55. The van der Waals surface area contributed by atoms with Crippen molar-refractivity contribution < 1.29 is 37.4 Å². The van der Waals surface area contributed by atoms with E-state index in [0.29, 0.717) is 23.6 Å². The molecule has 3 amide bonds. The summed E-state index contributed by atoms with van der Waals surface area (Å²) in [7, 11) is 1.97. The average molecular weight is 583 g/mol. The number of likely N-dealkylation sites (tertiary alicyclic amines) is 1. The smallest absolute Gasteiger partial charge is 0.465 e. The van der Waals surface area contributed by atoms with Gasteiger partial charge in [-0.05, 0) is 13.1 Å². The summed E-state index contributed by atoms with van der Waals surface area (Å²) in [4.78, 5) is 45.6. The number of rotatable bonds is 7. The number of aromatic nitrogens is 3. The molecule has 0 unspecified atom stereocenters. The van der Waals surface area contributed by atoms with Crippen molar-refractivity contribution in [3.05, 3.63) is 29.4 Å². The number of carbonyl (C=O) groups excluding carboxylic acids is 2. The van der Waals surface area contributed by atoms with Gasteiger partial charge in [0.25, 0.3) is 5.91 Å². The van der Waals surface area contributed by atoms with Gasteiger partial charge < -0.3 is 35.2 Å². The van der Waals surface area contributed by atoms with Gasteiger partial charge in [-0.15, -0.1) is 24.5 Å². The Labute approximate surface area is 229 Å². The number of thiazole rings is 1. The first-order chi connectivity index (χ1) is 18.9. The molecule has 3 aromatic rings. The number of ether oxygens (including phenoxy) is 1. The van der Waals surface area contributed by atoms with Crippen LogP contribution in [0.2, 0.25) is 0 Å². The van der Waals surface area contributed by atoms with Crippen molar-refractivity contribution >= 4 is 51.0 Å². The minimum Gasteiger partial charge on any atom is -0.465 e. The molecule has 2 saturated heterocycles. The predicted molar refractivity (Wildman–Crippen MR) is 138 cm³/mol. The van der Waals surface area contributed by atoms with E-state index in [1.54, 1.807) is 4.90 Å². The lowest BCUT2D eigenvalue weighted by Crippen LogP contribution is -2.56. The first kappa shape index (κ1) is 27.4. The highest BCUT2D eigenvalue weighted by Crippen LogP contribution is 2.34. The van der Waals surface area contributed by atoms with Gasteiger partial charge in [0.05, 0.1) is 17.2 Å². The number of hydrogen-bond donors (Lipinski definition) is 3. The van der Waals surface area contributed by atoms with Gasteiger partial charge in [-0.3, -0.25) is 14.3 Å². The van der Waals surface area contributed by atoms with Crippen LogP contribution >= 0.6 is 11.3 Å². The van der Waals surface area contributed by atoms with Crippen molar-refractivity contribution in [1.29, 1.82) is 0 Å². The first-order valence-corrected chi connectivity index (χ1v) is 13.1. The van der Waals surface area contributed by atoms with Crippen molar-refractivity contribution in [3.8, 4) is 5.75 Å². The highest BCUT2D eigenvalue weighted by Gasteiger charge is 2.33. The normalized spacial score (nSPS) is 16.6. The number of alkyl halides is 3. The van der Waals surface area contributed by atoms with Gasteiger partial charge in [0.15, 0.2) is 10.9 Å². The van der Waals surface area contributed by atoms with Crippen molar-refractivity contribution in [1.82, 2.24) is 29.5 Å². The molecule has 0 spiro atoms. The van der Waals surface area contributed by atoms with Crippen LogP contribution in [0.15, 0.2) is 23.7 Å². The van der Waals surface area contributed by atoms with Crippen LogP contribution in [0, 0.1) is 0 Å². The SMILES string of the molecule is CN1CCN(C(=O)Cn2cc3cc(NC(=O)c4csc(NC5CN(C(=O)O)C5)n4)c(OC(F)(F)F)cc3n2)CC1. The molecule has 2 aliphatic rings. The summed E-state index contributed by atoms with van der Waals surface area (Å²) < 4.78 is 45.0. The zero-order valence-electron chi connectivity index (χ0n) is 21.1. The van der Waals surface area contributed by atoms with Crippen molar-refractivity contribution in [2.75, 3.05) is 56.9 Å². The predicted octanol–water partition coefficient (Wildman–Crippen LogP) is 2.19. The summed E-state index contributed by atoms with van der Waals surface area (Å²) >= 11 is 1.10. The maximum absolute atomic E-state index is 13.2. The van der Waals surface area contributed by atoms with Gasteiger partial charge in [-0.2, -0.15) is 5.10 Å². The molecule has 214 valence electrons. The maximum atomic E-state index is 13.2. The molecule has 40 heavy (non-hydrogen) atoms. The van der Waals surface area contributed by atoms with E-state index in [-0.39, 0.29) is 48.5 Å². The van der Waals surface area contributed by atoms with Crippen molar-refractivity contribution in [2.24, 2.45) is 0 Å². The molecule has 5 rings (SSSR count). The zero-order chi connectivity index (χ0) is 28.6. The maximum Gasteiger partial charge on any atom is 0.573 e. The second-order valence-corrected chi connectivity index (χ2v) is 10.3. The number of anilines is 2. The molecule has 0 radical (unpaired) electrons. The first-order valence-electron chi connectivity index (χ1n) is 12.2. The van der Waals surface area contributed by atoms with E-state index in [0.717, 1.165) is 30.5 Å². The van der Waals surface area contributed by atoms with E-state index < -0.39 is 24.1 Å². The fourth-order valence-electron chi connectivity index (χ4n) is 4.32. The number of nitrogens with one attached hydrogen (secondary N) is 2. The third-order valence-electron chi connectivity index (χ3n) is 6.50. The third-order valence-corrected chi connectivity index (χ3v) is 7.27. The Hall–Kier alpha value is -4.12. The second-order valence-electron chi connectivity index (χ2n) is 9.49. The zero-order valence-corrected chi connectivity index (χ0v) is 22.0. The van der Waals surface area contributed by atoms with Crippen LogP contribution in [0.1, 0.15) is 10.5 Å². The van der Waals surface area contributed by atoms with Crippen molar-refractivity contribution in [3.63, 3.8) is 0 Å². The number of carboxylic acid groups (broad SMARTS) is 1. The highest BCUT2D eigenvalue weighted by molar-refractivity contribution is 7.13. The third kappa shape index (κ3) is 6.36. The molecule has 17 heteroatoms. The lowest BCUT2D eigenvalue weighted by molar-refractivity contribution is -0.274. The Kier molecular flexibility index (Phi) is 7.41. The monoisotopic (exact) mass is 582 g/mol. The van der Waals surface area contributed by atoms with Gasteiger partial charge in [-0.25, -0.2) is 9.78 Å². The fourth-order valence-corrected chi connectivity index (χ4v) is 5.09. The van der Waals surface area contributed by atoms with Crippen LogP contribution in [0.5, 0.6) is 5.75 Å². The molecular weight excluding hydrogens is 557 g/mol. The van der Waals surface area contributed by atoms with E-state index >= 15 is 0 Å². The Bertz CT molecular complexity index is 1430. The van der Waals surface area contributed by atoms with Crippen LogP contribution in [-0.2, 0) is 11.3 Å². The van der Waals surface area contributed by atoms with E-state index in [1.807, 2.05) is 7.05 Å². The second kappa shape index (κ2) is 10.8. The summed E-state index contributed by atoms with van der Waals surface area (Å²) in [6.45, 7) is 3.08. The molecule has 0 aliphatic carbocycles. The summed E-state index contributed by atoms with van der Waals surface area (Å²) in [6, 6.07) is 2.18. The number of likely N-dealkylation sites (N-methyl/N-ethyl adjacent to an activating group) is 1. The lowest BCUT2D eigenvalue weighted by Gasteiger charge is -2.37. The molecule has 2 fully saturated rings. The quantitative estimate of drug-likeness (QED) is 0.382. The number of nitrogens with zero attached hydrogens (tertiary/aromatic N) is 6. The minimum absolute atomic E-state index is 0.0477. The minimum atomic E-state index is -5.03. The Morgan fingerprint density at radius 2 is 1.88 bits per heavy atom. The van der Waals surface area contributed by atoms with Gasteiger partial charge >= 0.3 is 12.5 Å². The van der Waals surface area contributed by atoms with Crippen LogP contribution in [-0.4, -0.2) is 111 Å². The van der Waals surface area contributed by atoms with Crippen LogP contribution < -0.4 is 15.4 Å². The summed E-state index contributed by atoms with van der Waals surface area (Å²) in [5.41, 5.74) is -0.147. The van der Waals surface area contributed by atoms with Gasteiger partial charge in [0.2, 0.25) is 5.91 Å². The van der Waals surface area contributed by atoms with Gasteiger partial charge in [0.1, 0.15) is 12.2 Å². The van der Waals surface area contributed by atoms with E-state index in [4.69, 9.17) is 5.11 Å². The molecule has 0 bridgehead atoms. The molecule has 0 saturated carbocycles. The Balaban J connectivity index is 1.30. The summed E-state index contributed by atoms with van der Waals surface area (Å²) in [5, 5.41) is 20.8. The molecule has 2 aromatic heterocycles. The summed E-state index contributed by atoms with van der Waals surface area (Å²) in [5.74, 6) is -1.60. The number of piperazine rings is 1.